The number of aldehydes is 1. The fourth-order valence-electron chi connectivity index (χ4n) is 3.32. The fraction of sp³-hybridized carbons (Fsp3) is 0.500. The number of hydrogen-bond donors (Lipinski definition) is 1. The number of imide groups is 1. The van der Waals surface area contributed by atoms with E-state index in [1.54, 1.807) is 0 Å². The predicted molar refractivity (Wildman–Crippen MR) is 87.7 cm³/mol. The monoisotopic (exact) mass is 330 g/mol. The van der Waals surface area contributed by atoms with Crippen LogP contribution in [-0.2, 0) is 14.4 Å². The first-order chi connectivity index (χ1) is 11.7. The Morgan fingerprint density at radius 3 is 2.46 bits per heavy atom. The first-order valence-electron chi connectivity index (χ1n) is 8.42. The second kappa shape index (κ2) is 7.57. The van der Waals surface area contributed by atoms with E-state index < -0.39 is 6.10 Å². The van der Waals surface area contributed by atoms with Gasteiger partial charge in [0.25, 0.3) is 5.91 Å². The summed E-state index contributed by atoms with van der Waals surface area (Å²) in [4.78, 5) is 35.6. The molecule has 1 unspecified atom stereocenters. The largest absolute Gasteiger partial charge is 0.481 e. The number of nitrogens with zero attached hydrogens (tertiary/aromatic N) is 1. The molecule has 2 aliphatic heterocycles. The minimum Gasteiger partial charge on any atom is -0.481 e. The van der Waals surface area contributed by atoms with Gasteiger partial charge >= 0.3 is 0 Å². The van der Waals surface area contributed by atoms with Crippen molar-refractivity contribution in [2.24, 2.45) is 0 Å². The molecule has 1 atom stereocenters. The number of carbonyl (C=O) groups is 3. The smallest absolute Gasteiger partial charge is 0.267 e. The van der Waals surface area contributed by atoms with Crippen LogP contribution in [0.3, 0.4) is 0 Å². The molecule has 2 saturated heterocycles. The van der Waals surface area contributed by atoms with Crippen molar-refractivity contribution in [3.63, 3.8) is 0 Å². The maximum atomic E-state index is 11.7. The highest BCUT2D eigenvalue weighted by atomic mass is 16.5. The molecule has 0 radical (unpaired) electrons. The summed E-state index contributed by atoms with van der Waals surface area (Å²) in [6.45, 7) is 2.40. The summed E-state index contributed by atoms with van der Waals surface area (Å²) >= 11 is 0. The van der Waals surface area contributed by atoms with Crippen LogP contribution in [0.2, 0.25) is 0 Å². The number of nitrogens with one attached hydrogen (secondary N) is 1. The number of hydrogen-bond acceptors (Lipinski definition) is 5. The molecule has 2 amide bonds. The molecule has 3 rings (SSSR count). The lowest BCUT2D eigenvalue weighted by Gasteiger charge is -2.31. The normalized spacial score (nSPS) is 22.9. The lowest BCUT2D eigenvalue weighted by atomic mass is 9.89. The summed E-state index contributed by atoms with van der Waals surface area (Å²) in [5, 5.41) is 2.29. The first-order valence-corrected chi connectivity index (χ1v) is 8.42. The molecule has 24 heavy (non-hydrogen) atoms. The van der Waals surface area contributed by atoms with E-state index in [9.17, 15) is 14.4 Å². The van der Waals surface area contributed by atoms with Gasteiger partial charge in [0.2, 0.25) is 5.91 Å². The lowest BCUT2D eigenvalue weighted by molar-refractivity contribution is -0.138. The van der Waals surface area contributed by atoms with Gasteiger partial charge in [-0.25, -0.2) is 0 Å². The van der Waals surface area contributed by atoms with E-state index in [0.717, 1.165) is 32.2 Å². The molecule has 1 aromatic rings. The summed E-state index contributed by atoms with van der Waals surface area (Å²) < 4.78 is 5.70. The summed E-state index contributed by atoms with van der Waals surface area (Å²) in [6, 6.07) is 7.86. The van der Waals surface area contributed by atoms with Crippen molar-refractivity contribution >= 4 is 18.1 Å². The molecule has 0 spiro atoms. The number of likely N-dealkylation sites (tertiary alicyclic amines) is 1. The standard InChI is InChI=1S/C18H22N2O4/c21-12-11-20-9-7-14(8-10-20)13-1-3-15(4-2-13)24-16-5-6-17(22)19-18(16)23/h1-4,12,14,16H,5-11H2,(H,19,22,23). The SMILES string of the molecule is O=CCN1CCC(c2ccc(OC3CCC(=O)NC3=O)cc2)CC1. The third-order valence-corrected chi connectivity index (χ3v) is 4.74. The number of rotatable bonds is 5. The van der Waals surface area contributed by atoms with E-state index in [1.807, 2.05) is 24.3 Å². The molecule has 1 N–H and O–H groups in total. The maximum Gasteiger partial charge on any atom is 0.267 e. The molecule has 6 nitrogen and oxygen atoms in total. The Morgan fingerprint density at radius 2 is 1.83 bits per heavy atom. The van der Waals surface area contributed by atoms with Crippen molar-refractivity contribution in [1.82, 2.24) is 10.2 Å². The molecular weight excluding hydrogens is 308 g/mol. The molecule has 0 bridgehead atoms. The Morgan fingerprint density at radius 1 is 1.12 bits per heavy atom. The molecular formula is C18H22N2O4. The highest BCUT2D eigenvalue weighted by Crippen LogP contribution is 2.29. The zero-order valence-electron chi connectivity index (χ0n) is 13.6. The minimum atomic E-state index is -0.597. The Bertz CT molecular complexity index is 606. The van der Waals surface area contributed by atoms with Crippen LogP contribution in [0.15, 0.2) is 24.3 Å². The molecule has 2 heterocycles. The van der Waals surface area contributed by atoms with Gasteiger partial charge < -0.3 is 9.53 Å². The molecule has 2 aliphatic rings. The van der Waals surface area contributed by atoms with Crippen molar-refractivity contribution in [2.45, 2.75) is 37.7 Å². The molecule has 0 aromatic heterocycles. The van der Waals surface area contributed by atoms with Crippen LogP contribution in [0.4, 0.5) is 0 Å². The number of ether oxygens (including phenoxy) is 1. The maximum absolute atomic E-state index is 11.7. The third-order valence-electron chi connectivity index (χ3n) is 4.74. The number of amides is 2. The van der Waals surface area contributed by atoms with E-state index in [-0.39, 0.29) is 11.8 Å². The van der Waals surface area contributed by atoms with Gasteiger partial charge in [0.15, 0.2) is 6.10 Å². The number of benzene rings is 1. The van der Waals surface area contributed by atoms with Crippen LogP contribution in [0.5, 0.6) is 5.75 Å². The van der Waals surface area contributed by atoms with Crippen LogP contribution in [-0.4, -0.2) is 48.7 Å². The average molecular weight is 330 g/mol. The highest BCUT2D eigenvalue weighted by Gasteiger charge is 2.28. The summed E-state index contributed by atoms with van der Waals surface area (Å²) in [6.07, 6.45) is 3.18. The van der Waals surface area contributed by atoms with Gasteiger partial charge in [0.05, 0.1) is 6.54 Å². The Hall–Kier alpha value is -2.21. The predicted octanol–water partition coefficient (Wildman–Crippen LogP) is 1.25. The molecule has 6 heteroatoms. The van der Waals surface area contributed by atoms with Gasteiger partial charge in [0, 0.05) is 12.8 Å². The van der Waals surface area contributed by atoms with Crippen molar-refractivity contribution in [2.75, 3.05) is 19.6 Å². The molecule has 128 valence electrons. The minimum absolute atomic E-state index is 0.240. The van der Waals surface area contributed by atoms with Crippen molar-refractivity contribution in [3.05, 3.63) is 29.8 Å². The van der Waals surface area contributed by atoms with Crippen molar-refractivity contribution in [3.8, 4) is 5.75 Å². The second-order valence-corrected chi connectivity index (χ2v) is 6.37. The quantitative estimate of drug-likeness (QED) is 0.649. The van der Waals surface area contributed by atoms with Crippen LogP contribution in [0.1, 0.15) is 37.2 Å². The molecule has 1 aromatic carbocycles. The topological polar surface area (TPSA) is 75.7 Å². The summed E-state index contributed by atoms with van der Waals surface area (Å²) in [5.41, 5.74) is 1.26. The zero-order chi connectivity index (χ0) is 16.9. The third kappa shape index (κ3) is 4.00. The average Bonchev–Trinajstić information content (AvgIpc) is 2.59. The van der Waals surface area contributed by atoms with Crippen LogP contribution in [0.25, 0.3) is 0 Å². The summed E-state index contributed by atoms with van der Waals surface area (Å²) in [5.74, 6) is 0.540. The molecule has 0 aliphatic carbocycles. The van der Waals surface area contributed by atoms with Gasteiger partial charge in [-0.2, -0.15) is 0 Å². The van der Waals surface area contributed by atoms with Crippen molar-refractivity contribution in [1.29, 1.82) is 0 Å². The highest BCUT2D eigenvalue weighted by molar-refractivity contribution is 5.99. The van der Waals surface area contributed by atoms with Gasteiger partial charge in [-0.15, -0.1) is 0 Å². The van der Waals surface area contributed by atoms with E-state index in [1.165, 1.54) is 5.56 Å². The van der Waals surface area contributed by atoms with E-state index in [0.29, 0.717) is 31.1 Å². The molecule has 2 fully saturated rings. The van der Waals surface area contributed by atoms with Gasteiger partial charge in [-0.3, -0.25) is 19.8 Å². The second-order valence-electron chi connectivity index (χ2n) is 6.37. The Balaban J connectivity index is 1.55. The van der Waals surface area contributed by atoms with Gasteiger partial charge in [-0.1, -0.05) is 12.1 Å². The number of carbonyl (C=O) groups excluding carboxylic acids is 3. The van der Waals surface area contributed by atoms with E-state index in [2.05, 4.69) is 10.2 Å². The van der Waals surface area contributed by atoms with Crippen LogP contribution in [0, 0.1) is 0 Å². The van der Waals surface area contributed by atoms with Crippen molar-refractivity contribution < 1.29 is 19.1 Å². The Kier molecular flexibility index (Phi) is 5.25. The van der Waals surface area contributed by atoms with Crippen LogP contribution >= 0.6 is 0 Å². The fourth-order valence-corrected chi connectivity index (χ4v) is 3.32. The van der Waals surface area contributed by atoms with Gasteiger partial charge in [-0.05, 0) is 49.5 Å². The Labute approximate surface area is 141 Å². The van der Waals surface area contributed by atoms with Crippen LogP contribution < -0.4 is 10.1 Å². The number of piperidine rings is 2. The van der Waals surface area contributed by atoms with E-state index >= 15 is 0 Å². The van der Waals surface area contributed by atoms with E-state index in [4.69, 9.17) is 4.74 Å². The first kappa shape index (κ1) is 16.6. The zero-order valence-corrected chi connectivity index (χ0v) is 13.6. The summed E-state index contributed by atoms with van der Waals surface area (Å²) in [7, 11) is 0. The lowest BCUT2D eigenvalue weighted by Crippen LogP contribution is -2.46. The molecule has 0 saturated carbocycles. The van der Waals surface area contributed by atoms with Gasteiger partial charge in [0.1, 0.15) is 12.0 Å².